The molecular weight excluding hydrogens is 252 g/mol. The molecule has 0 bridgehead atoms. The molecule has 0 aliphatic rings. The monoisotopic (exact) mass is 280 g/mol. The second-order valence-corrected chi connectivity index (χ2v) is 5.19. The molecule has 0 aromatic carbocycles. The number of hydrogen-bond donors (Lipinski definition) is 2. The smallest absolute Gasteiger partial charge is 0.0897 e. The number of nitrogens with one attached hydrogen (secondary N) is 1. The number of aromatic nitrogens is 1. The van der Waals surface area contributed by atoms with E-state index >= 15 is 0 Å². The summed E-state index contributed by atoms with van der Waals surface area (Å²) in [7, 11) is 0. The Morgan fingerprint density at radius 3 is 2.90 bits per heavy atom. The summed E-state index contributed by atoms with van der Waals surface area (Å²) in [6, 6.07) is 5.95. The Morgan fingerprint density at radius 2 is 2.15 bits per heavy atom. The highest BCUT2D eigenvalue weighted by Crippen LogP contribution is 2.00. The largest absolute Gasteiger partial charge is 0.389 e. The van der Waals surface area contributed by atoms with Crippen molar-refractivity contribution in [1.82, 2.24) is 10.3 Å². The number of pyridine rings is 1. The van der Waals surface area contributed by atoms with Crippen LogP contribution in [0.1, 0.15) is 44.0 Å². The topological polar surface area (TPSA) is 54.4 Å². The number of rotatable bonds is 11. The lowest BCUT2D eigenvalue weighted by atomic mass is 10.2. The molecule has 1 rings (SSSR count). The van der Waals surface area contributed by atoms with Crippen molar-refractivity contribution in [3.8, 4) is 0 Å². The Bertz CT molecular complexity index is 358. The van der Waals surface area contributed by atoms with Gasteiger partial charge in [-0.1, -0.05) is 32.3 Å². The first-order chi connectivity index (χ1) is 9.72. The first-order valence-corrected chi connectivity index (χ1v) is 7.61. The highest BCUT2D eigenvalue weighted by atomic mass is 16.5. The number of aryl methyl sites for hydroxylation is 1. The summed E-state index contributed by atoms with van der Waals surface area (Å²) in [5.74, 6) is 0. The molecule has 4 heteroatoms. The summed E-state index contributed by atoms with van der Waals surface area (Å²) in [4.78, 5) is 4.40. The highest BCUT2D eigenvalue weighted by molar-refractivity contribution is 5.09. The fraction of sp³-hybridized carbons (Fsp3) is 0.688. The maximum atomic E-state index is 9.78. The van der Waals surface area contributed by atoms with Crippen LogP contribution in [-0.4, -0.2) is 36.0 Å². The molecule has 20 heavy (non-hydrogen) atoms. The van der Waals surface area contributed by atoms with Crippen LogP contribution in [0.25, 0.3) is 0 Å². The van der Waals surface area contributed by atoms with E-state index in [4.69, 9.17) is 4.74 Å². The van der Waals surface area contributed by atoms with E-state index in [-0.39, 0.29) is 0 Å². The lowest BCUT2D eigenvalue weighted by Gasteiger charge is -2.12. The quantitative estimate of drug-likeness (QED) is 0.611. The third-order valence-corrected chi connectivity index (χ3v) is 3.08. The number of aliphatic hydroxyl groups excluding tert-OH is 1. The van der Waals surface area contributed by atoms with Gasteiger partial charge in [0.1, 0.15) is 0 Å². The van der Waals surface area contributed by atoms with Gasteiger partial charge in [0.15, 0.2) is 0 Å². The fourth-order valence-corrected chi connectivity index (χ4v) is 1.97. The van der Waals surface area contributed by atoms with Crippen LogP contribution in [0, 0.1) is 6.92 Å². The van der Waals surface area contributed by atoms with E-state index < -0.39 is 6.10 Å². The number of nitrogens with zero attached hydrogens (tertiary/aromatic N) is 1. The Hall–Kier alpha value is -0.970. The van der Waals surface area contributed by atoms with E-state index in [1.165, 1.54) is 19.3 Å². The fourth-order valence-electron chi connectivity index (χ4n) is 1.97. The van der Waals surface area contributed by atoms with Gasteiger partial charge in [0.2, 0.25) is 0 Å². The lowest BCUT2D eigenvalue weighted by Crippen LogP contribution is -2.30. The molecule has 0 spiro atoms. The second kappa shape index (κ2) is 10.8. The van der Waals surface area contributed by atoms with E-state index in [0.717, 1.165) is 24.4 Å². The van der Waals surface area contributed by atoms with Crippen LogP contribution in [0.15, 0.2) is 18.2 Å². The minimum absolute atomic E-state index is 0.403. The molecule has 1 aromatic heterocycles. The molecule has 0 aliphatic carbocycles. The number of unbranched alkanes of at least 4 members (excludes halogenated alkanes) is 3. The summed E-state index contributed by atoms with van der Waals surface area (Å²) in [5, 5.41) is 13.0. The van der Waals surface area contributed by atoms with Gasteiger partial charge in [-0.25, -0.2) is 0 Å². The Balaban J connectivity index is 2.01. The Labute approximate surface area is 122 Å². The lowest BCUT2D eigenvalue weighted by molar-refractivity contribution is 0.0353. The van der Waals surface area contributed by atoms with E-state index in [9.17, 15) is 5.11 Å². The van der Waals surface area contributed by atoms with Crippen molar-refractivity contribution >= 4 is 0 Å². The molecule has 1 aromatic rings. The van der Waals surface area contributed by atoms with Crippen molar-refractivity contribution in [1.29, 1.82) is 0 Å². The molecule has 4 nitrogen and oxygen atoms in total. The predicted molar refractivity (Wildman–Crippen MR) is 81.6 cm³/mol. The van der Waals surface area contributed by atoms with Crippen LogP contribution < -0.4 is 5.32 Å². The van der Waals surface area contributed by atoms with Gasteiger partial charge in [0.05, 0.1) is 18.4 Å². The van der Waals surface area contributed by atoms with Gasteiger partial charge in [-0.05, 0) is 25.5 Å². The highest BCUT2D eigenvalue weighted by Gasteiger charge is 2.04. The first-order valence-electron chi connectivity index (χ1n) is 7.61. The summed E-state index contributed by atoms with van der Waals surface area (Å²) >= 11 is 0. The number of aliphatic hydroxyl groups is 1. The van der Waals surface area contributed by atoms with E-state index in [1.807, 2.05) is 25.1 Å². The first kappa shape index (κ1) is 17.1. The molecule has 1 atom stereocenters. The minimum Gasteiger partial charge on any atom is -0.389 e. The predicted octanol–water partition coefficient (Wildman–Crippen LogP) is 2.44. The summed E-state index contributed by atoms with van der Waals surface area (Å²) < 4.78 is 5.46. The van der Waals surface area contributed by atoms with Gasteiger partial charge in [-0.3, -0.25) is 4.98 Å². The molecular formula is C16H28N2O2. The van der Waals surface area contributed by atoms with Crippen molar-refractivity contribution in [3.05, 3.63) is 29.6 Å². The standard InChI is InChI=1S/C16H28N2O2/c1-3-4-5-6-10-20-13-16(19)12-17-11-15-9-7-8-14(2)18-15/h7-9,16-17,19H,3-6,10-13H2,1-2H3. The van der Waals surface area contributed by atoms with Crippen LogP contribution in [0.3, 0.4) is 0 Å². The van der Waals surface area contributed by atoms with E-state index in [2.05, 4.69) is 17.2 Å². The zero-order valence-corrected chi connectivity index (χ0v) is 12.8. The Morgan fingerprint density at radius 1 is 1.30 bits per heavy atom. The van der Waals surface area contributed by atoms with Gasteiger partial charge >= 0.3 is 0 Å². The third-order valence-electron chi connectivity index (χ3n) is 3.08. The van der Waals surface area contributed by atoms with Crippen LogP contribution in [0.2, 0.25) is 0 Å². The van der Waals surface area contributed by atoms with Gasteiger partial charge in [-0.15, -0.1) is 0 Å². The van der Waals surface area contributed by atoms with Crippen LogP contribution in [0.4, 0.5) is 0 Å². The van der Waals surface area contributed by atoms with Crippen LogP contribution in [0.5, 0.6) is 0 Å². The van der Waals surface area contributed by atoms with Gasteiger partial charge in [-0.2, -0.15) is 0 Å². The average Bonchev–Trinajstić information content (AvgIpc) is 2.43. The van der Waals surface area contributed by atoms with E-state index in [0.29, 0.717) is 19.7 Å². The number of ether oxygens (including phenoxy) is 1. The zero-order chi connectivity index (χ0) is 14.6. The van der Waals surface area contributed by atoms with Gasteiger partial charge in [0.25, 0.3) is 0 Å². The van der Waals surface area contributed by atoms with Crippen LogP contribution >= 0.6 is 0 Å². The van der Waals surface area contributed by atoms with Crippen molar-refractivity contribution in [2.45, 2.75) is 52.2 Å². The van der Waals surface area contributed by atoms with Gasteiger partial charge in [0, 0.05) is 25.4 Å². The van der Waals surface area contributed by atoms with Crippen molar-refractivity contribution in [3.63, 3.8) is 0 Å². The average molecular weight is 280 g/mol. The van der Waals surface area contributed by atoms with Crippen molar-refractivity contribution in [2.24, 2.45) is 0 Å². The molecule has 0 amide bonds. The molecule has 0 saturated carbocycles. The third kappa shape index (κ3) is 8.25. The molecule has 0 fully saturated rings. The summed E-state index contributed by atoms with van der Waals surface area (Å²) in [6.45, 7) is 6.53. The molecule has 114 valence electrons. The number of hydrogen-bond acceptors (Lipinski definition) is 4. The minimum atomic E-state index is -0.453. The molecule has 0 saturated heterocycles. The molecule has 0 aliphatic heterocycles. The van der Waals surface area contributed by atoms with E-state index in [1.54, 1.807) is 0 Å². The maximum Gasteiger partial charge on any atom is 0.0897 e. The van der Waals surface area contributed by atoms with Crippen molar-refractivity contribution < 1.29 is 9.84 Å². The van der Waals surface area contributed by atoms with Crippen molar-refractivity contribution in [2.75, 3.05) is 19.8 Å². The molecule has 0 radical (unpaired) electrons. The molecule has 1 unspecified atom stereocenters. The van der Waals surface area contributed by atoms with Gasteiger partial charge < -0.3 is 15.2 Å². The summed E-state index contributed by atoms with van der Waals surface area (Å²) in [6.07, 6.45) is 4.34. The second-order valence-electron chi connectivity index (χ2n) is 5.19. The van der Waals surface area contributed by atoms with Crippen LogP contribution in [-0.2, 0) is 11.3 Å². The normalized spacial score (nSPS) is 12.6. The Kier molecular flexibility index (Phi) is 9.20. The summed E-state index contributed by atoms with van der Waals surface area (Å²) in [5.41, 5.74) is 2.01. The molecule has 1 heterocycles. The SMILES string of the molecule is CCCCCCOCC(O)CNCc1cccc(C)n1. The zero-order valence-electron chi connectivity index (χ0n) is 12.8. The maximum absolute atomic E-state index is 9.78. The molecule has 2 N–H and O–H groups in total.